The summed E-state index contributed by atoms with van der Waals surface area (Å²) in [5, 5.41) is 0. The van der Waals surface area contributed by atoms with E-state index in [1.165, 1.54) is 11.6 Å². The van der Waals surface area contributed by atoms with Crippen molar-refractivity contribution in [3.05, 3.63) is 32.6 Å². The van der Waals surface area contributed by atoms with Gasteiger partial charge in [0.1, 0.15) is 6.23 Å². The molecule has 1 aromatic rings. The van der Waals surface area contributed by atoms with Crippen LogP contribution in [0.3, 0.4) is 0 Å². The maximum atomic E-state index is 12.1. The first kappa shape index (κ1) is 13.1. The van der Waals surface area contributed by atoms with Gasteiger partial charge in [-0.1, -0.05) is 6.92 Å². The average molecular weight is 252 g/mol. The van der Waals surface area contributed by atoms with Crippen LogP contribution in [0.5, 0.6) is 0 Å². The number of aromatic nitrogens is 2. The van der Waals surface area contributed by atoms with Gasteiger partial charge in [-0.2, -0.15) is 0 Å². The number of hydrogen-bond donors (Lipinski definition) is 0. The largest absolute Gasteiger partial charge is 0.352 e. The molecule has 0 spiro atoms. The fourth-order valence-corrected chi connectivity index (χ4v) is 2.38. The molecule has 18 heavy (non-hydrogen) atoms. The maximum absolute atomic E-state index is 12.1. The second-order valence-corrected chi connectivity index (χ2v) is 5.28. The van der Waals surface area contributed by atoms with Crippen LogP contribution in [-0.2, 0) is 11.8 Å². The standard InChI is InChI=1S/C13H20N2O3/c1-5-13(3)7-6-10(18-13)15-8-9(2)11(16)14(4)12(15)17/h8,10H,5-7H2,1-4H3/t10-,13+/m1/s1. The smallest absolute Gasteiger partial charge is 0.332 e. The summed E-state index contributed by atoms with van der Waals surface area (Å²) < 4.78 is 8.64. The number of rotatable bonds is 2. The van der Waals surface area contributed by atoms with E-state index in [4.69, 9.17) is 4.74 Å². The molecule has 1 aromatic heterocycles. The van der Waals surface area contributed by atoms with Crippen molar-refractivity contribution >= 4 is 0 Å². The van der Waals surface area contributed by atoms with E-state index in [0.717, 1.165) is 23.8 Å². The van der Waals surface area contributed by atoms with Crippen molar-refractivity contribution in [1.82, 2.24) is 9.13 Å². The Kier molecular flexibility index (Phi) is 3.19. The Morgan fingerprint density at radius 2 is 2.17 bits per heavy atom. The average Bonchev–Trinajstić information content (AvgIpc) is 2.74. The maximum Gasteiger partial charge on any atom is 0.332 e. The summed E-state index contributed by atoms with van der Waals surface area (Å²) in [6, 6.07) is 0. The fourth-order valence-electron chi connectivity index (χ4n) is 2.38. The van der Waals surface area contributed by atoms with Crippen LogP contribution in [0.1, 0.15) is 44.9 Å². The third-order valence-electron chi connectivity index (χ3n) is 3.88. The predicted molar refractivity (Wildman–Crippen MR) is 68.7 cm³/mol. The highest BCUT2D eigenvalue weighted by Gasteiger charge is 2.35. The van der Waals surface area contributed by atoms with Crippen molar-refractivity contribution in [2.75, 3.05) is 0 Å². The molecule has 2 rings (SSSR count). The van der Waals surface area contributed by atoms with Crippen LogP contribution < -0.4 is 11.2 Å². The molecular weight excluding hydrogens is 232 g/mol. The third kappa shape index (κ3) is 2.03. The molecule has 0 amide bonds. The Morgan fingerprint density at radius 3 is 2.72 bits per heavy atom. The summed E-state index contributed by atoms with van der Waals surface area (Å²) >= 11 is 0. The summed E-state index contributed by atoms with van der Waals surface area (Å²) in [6.07, 6.45) is 4.01. The second-order valence-electron chi connectivity index (χ2n) is 5.28. The molecule has 2 atom stereocenters. The van der Waals surface area contributed by atoms with Gasteiger partial charge in [0.25, 0.3) is 5.56 Å². The number of hydrogen-bond acceptors (Lipinski definition) is 3. The lowest BCUT2D eigenvalue weighted by atomic mass is 10.00. The monoisotopic (exact) mass is 252 g/mol. The Hall–Kier alpha value is -1.36. The summed E-state index contributed by atoms with van der Waals surface area (Å²) in [5.41, 5.74) is -0.151. The summed E-state index contributed by atoms with van der Waals surface area (Å²) in [5.74, 6) is 0. The minimum atomic E-state index is -0.309. The molecule has 0 radical (unpaired) electrons. The molecule has 100 valence electrons. The number of aryl methyl sites for hydroxylation is 1. The molecular formula is C13H20N2O3. The molecule has 1 fully saturated rings. The summed E-state index contributed by atoms with van der Waals surface area (Å²) in [7, 11) is 1.50. The van der Waals surface area contributed by atoms with Gasteiger partial charge < -0.3 is 4.74 Å². The van der Waals surface area contributed by atoms with Crippen molar-refractivity contribution in [3.63, 3.8) is 0 Å². The van der Waals surface area contributed by atoms with Crippen LogP contribution >= 0.6 is 0 Å². The predicted octanol–water partition coefficient (Wildman–Crippen LogP) is 1.33. The minimum Gasteiger partial charge on any atom is -0.352 e. The van der Waals surface area contributed by atoms with E-state index >= 15 is 0 Å². The van der Waals surface area contributed by atoms with Gasteiger partial charge in [0.15, 0.2) is 0 Å². The first-order chi connectivity index (χ1) is 8.38. The van der Waals surface area contributed by atoms with Gasteiger partial charge in [-0.3, -0.25) is 13.9 Å². The van der Waals surface area contributed by atoms with E-state index in [0.29, 0.717) is 5.56 Å². The van der Waals surface area contributed by atoms with E-state index < -0.39 is 0 Å². The zero-order valence-electron chi connectivity index (χ0n) is 11.4. The number of ether oxygens (including phenoxy) is 1. The topological polar surface area (TPSA) is 53.2 Å². The highest BCUT2D eigenvalue weighted by molar-refractivity contribution is 5.03. The molecule has 1 aliphatic rings. The summed E-state index contributed by atoms with van der Waals surface area (Å²) in [4.78, 5) is 23.7. The Morgan fingerprint density at radius 1 is 1.50 bits per heavy atom. The Bertz CT molecular complexity index is 573. The molecule has 0 N–H and O–H groups in total. The first-order valence-electron chi connectivity index (χ1n) is 6.34. The highest BCUT2D eigenvalue weighted by Crippen LogP contribution is 2.37. The lowest BCUT2D eigenvalue weighted by Crippen LogP contribution is -2.40. The zero-order valence-corrected chi connectivity index (χ0v) is 11.4. The van der Waals surface area contributed by atoms with E-state index in [1.54, 1.807) is 13.1 Å². The lowest BCUT2D eigenvalue weighted by Gasteiger charge is -2.24. The number of nitrogens with zero attached hydrogens (tertiary/aromatic N) is 2. The van der Waals surface area contributed by atoms with Gasteiger partial charge in [0.2, 0.25) is 0 Å². The van der Waals surface area contributed by atoms with Gasteiger partial charge >= 0.3 is 5.69 Å². The quantitative estimate of drug-likeness (QED) is 0.798. The van der Waals surface area contributed by atoms with E-state index in [9.17, 15) is 9.59 Å². The van der Waals surface area contributed by atoms with Crippen molar-refractivity contribution in [2.45, 2.75) is 51.9 Å². The van der Waals surface area contributed by atoms with Crippen LogP contribution in [0.4, 0.5) is 0 Å². The third-order valence-corrected chi connectivity index (χ3v) is 3.88. The van der Waals surface area contributed by atoms with Crippen LogP contribution in [0.2, 0.25) is 0 Å². The molecule has 1 aliphatic heterocycles. The second kappa shape index (κ2) is 4.39. The molecule has 0 saturated carbocycles. The molecule has 0 aromatic carbocycles. The Labute approximate surface area is 106 Å². The molecule has 5 nitrogen and oxygen atoms in total. The SMILES string of the molecule is CC[C@@]1(C)CC[C@H](n2cc(C)c(=O)n(C)c2=O)O1. The molecule has 0 aliphatic carbocycles. The lowest BCUT2D eigenvalue weighted by molar-refractivity contribution is -0.0650. The van der Waals surface area contributed by atoms with E-state index in [-0.39, 0.29) is 23.1 Å². The molecule has 2 heterocycles. The molecule has 1 saturated heterocycles. The zero-order chi connectivity index (χ0) is 13.5. The van der Waals surface area contributed by atoms with Crippen LogP contribution in [-0.4, -0.2) is 14.7 Å². The van der Waals surface area contributed by atoms with Gasteiger partial charge in [-0.25, -0.2) is 4.79 Å². The Balaban J connectivity index is 2.43. The fraction of sp³-hybridized carbons (Fsp3) is 0.692. The minimum absolute atomic E-state index is 0.160. The normalized spacial score (nSPS) is 27.7. The van der Waals surface area contributed by atoms with Crippen molar-refractivity contribution in [2.24, 2.45) is 7.05 Å². The highest BCUT2D eigenvalue weighted by atomic mass is 16.5. The van der Waals surface area contributed by atoms with Gasteiger partial charge in [-0.05, 0) is 33.1 Å². The van der Waals surface area contributed by atoms with Crippen molar-refractivity contribution < 1.29 is 4.74 Å². The molecule has 5 heteroatoms. The first-order valence-corrected chi connectivity index (χ1v) is 6.34. The molecule has 0 unspecified atom stereocenters. The van der Waals surface area contributed by atoms with Crippen molar-refractivity contribution in [1.29, 1.82) is 0 Å². The molecule has 0 bridgehead atoms. The van der Waals surface area contributed by atoms with E-state index in [2.05, 4.69) is 13.8 Å². The summed E-state index contributed by atoms with van der Waals surface area (Å²) in [6.45, 7) is 5.86. The van der Waals surface area contributed by atoms with Crippen LogP contribution in [0.25, 0.3) is 0 Å². The van der Waals surface area contributed by atoms with Crippen molar-refractivity contribution in [3.8, 4) is 0 Å². The van der Waals surface area contributed by atoms with Gasteiger partial charge in [0, 0.05) is 18.8 Å². The van der Waals surface area contributed by atoms with E-state index in [1.807, 2.05) is 0 Å². The van der Waals surface area contributed by atoms with Gasteiger partial charge in [-0.15, -0.1) is 0 Å². The van der Waals surface area contributed by atoms with Crippen LogP contribution in [0, 0.1) is 6.92 Å². The van der Waals surface area contributed by atoms with Gasteiger partial charge in [0.05, 0.1) is 5.60 Å². The van der Waals surface area contributed by atoms with Crippen LogP contribution in [0.15, 0.2) is 15.8 Å².